The summed E-state index contributed by atoms with van der Waals surface area (Å²) in [5.74, 6) is 0. The molecule has 0 saturated carbocycles. The molecule has 14 heavy (non-hydrogen) atoms. The third-order valence-electron chi connectivity index (χ3n) is 3.04. The molecule has 0 fully saturated rings. The summed E-state index contributed by atoms with van der Waals surface area (Å²) in [6.45, 7) is 10.1. The molecule has 1 heteroatoms. The fourth-order valence-electron chi connectivity index (χ4n) is 2.30. The molecule has 1 aromatic carbocycles. The second-order valence-corrected chi connectivity index (χ2v) is 5.23. The van der Waals surface area contributed by atoms with Crippen LogP contribution < -0.4 is 5.32 Å². The zero-order valence-corrected chi connectivity index (χ0v) is 9.52. The largest absolute Gasteiger partial charge is 0.306 e. The van der Waals surface area contributed by atoms with Gasteiger partial charge in [0.05, 0.1) is 0 Å². The SMILES string of the molecule is C[C@@H]1NCc2cccc(C(C)(C)C)c21. The normalized spacial score (nSPS) is 21.0. The molecular weight excluding hydrogens is 170 g/mol. The molecule has 0 bridgehead atoms. The van der Waals surface area contributed by atoms with Gasteiger partial charge in [0.15, 0.2) is 0 Å². The maximum atomic E-state index is 3.50. The summed E-state index contributed by atoms with van der Waals surface area (Å²) in [7, 11) is 0. The molecular formula is C13H19N. The van der Waals surface area contributed by atoms with Gasteiger partial charge in [0.25, 0.3) is 0 Å². The lowest BCUT2D eigenvalue weighted by molar-refractivity contribution is 0.564. The zero-order valence-electron chi connectivity index (χ0n) is 9.52. The Hall–Kier alpha value is -0.820. The molecule has 76 valence electrons. The van der Waals surface area contributed by atoms with Crippen LogP contribution in [0.1, 0.15) is 50.4 Å². The van der Waals surface area contributed by atoms with Crippen molar-refractivity contribution < 1.29 is 0 Å². The molecule has 1 nitrogen and oxygen atoms in total. The minimum atomic E-state index is 0.256. The van der Waals surface area contributed by atoms with Gasteiger partial charge in [-0.25, -0.2) is 0 Å². The molecule has 0 radical (unpaired) electrons. The number of benzene rings is 1. The molecule has 1 atom stereocenters. The van der Waals surface area contributed by atoms with Crippen LogP contribution in [0.4, 0.5) is 0 Å². The summed E-state index contributed by atoms with van der Waals surface area (Å²) < 4.78 is 0. The van der Waals surface area contributed by atoms with Crippen molar-refractivity contribution in [1.29, 1.82) is 0 Å². The molecule has 0 unspecified atom stereocenters. The molecule has 1 aromatic rings. The summed E-state index contributed by atoms with van der Waals surface area (Å²) in [5, 5.41) is 3.50. The molecule has 0 spiro atoms. The number of hydrogen-bond donors (Lipinski definition) is 1. The number of rotatable bonds is 0. The highest BCUT2D eigenvalue weighted by Crippen LogP contribution is 2.35. The number of nitrogens with one attached hydrogen (secondary N) is 1. The minimum Gasteiger partial charge on any atom is -0.306 e. The maximum absolute atomic E-state index is 3.50. The van der Waals surface area contributed by atoms with Crippen molar-refractivity contribution in [2.75, 3.05) is 0 Å². The van der Waals surface area contributed by atoms with Crippen LogP contribution in [0.25, 0.3) is 0 Å². The summed E-state index contributed by atoms with van der Waals surface area (Å²) >= 11 is 0. The fraction of sp³-hybridized carbons (Fsp3) is 0.538. The molecule has 1 aliphatic rings. The minimum absolute atomic E-state index is 0.256. The Morgan fingerprint density at radius 3 is 2.64 bits per heavy atom. The van der Waals surface area contributed by atoms with E-state index in [2.05, 4.69) is 51.2 Å². The van der Waals surface area contributed by atoms with E-state index in [4.69, 9.17) is 0 Å². The Morgan fingerprint density at radius 2 is 2.00 bits per heavy atom. The summed E-state index contributed by atoms with van der Waals surface area (Å²) in [6.07, 6.45) is 0. The predicted octanol–water partition coefficient (Wildman–Crippen LogP) is 3.15. The summed E-state index contributed by atoms with van der Waals surface area (Å²) in [5.41, 5.74) is 4.75. The first-order chi connectivity index (χ1) is 6.50. The van der Waals surface area contributed by atoms with Crippen molar-refractivity contribution >= 4 is 0 Å². The van der Waals surface area contributed by atoms with Crippen LogP contribution in [-0.4, -0.2) is 0 Å². The Labute approximate surface area is 86.5 Å². The van der Waals surface area contributed by atoms with Gasteiger partial charge >= 0.3 is 0 Å². The van der Waals surface area contributed by atoms with Gasteiger partial charge in [-0.1, -0.05) is 39.0 Å². The molecule has 0 aromatic heterocycles. The van der Waals surface area contributed by atoms with E-state index < -0.39 is 0 Å². The maximum Gasteiger partial charge on any atom is 0.0301 e. The predicted molar refractivity (Wildman–Crippen MR) is 60.4 cm³/mol. The highest BCUT2D eigenvalue weighted by molar-refractivity contribution is 5.43. The number of hydrogen-bond acceptors (Lipinski definition) is 1. The van der Waals surface area contributed by atoms with Crippen molar-refractivity contribution in [3.63, 3.8) is 0 Å². The first kappa shape index (κ1) is 9.72. The fourth-order valence-corrected chi connectivity index (χ4v) is 2.30. The van der Waals surface area contributed by atoms with Crippen molar-refractivity contribution in [2.45, 2.75) is 45.7 Å². The summed E-state index contributed by atoms with van der Waals surface area (Å²) in [4.78, 5) is 0. The highest BCUT2D eigenvalue weighted by Gasteiger charge is 2.26. The van der Waals surface area contributed by atoms with Crippen LogP contribution >= 0.6 is 0 Å². The molecule has 0 amide bonds. The third kappa shape index (κ3) is 1.46. The van der Waals surface area contributed by atoms with Crippen LogP contribution in [-0.2, 0) is 12.0 Å². The highest BCUT2D eigenvalue weighted by atomic mass is 14.9. The van der Waals surface area contributed by atoms with E-state index in [9.17, 15) is 0 Å². The van der Waals surface area contributed by atoms with Gasteiger partial charge in [-0.2, -0.15) is 0 Å². The van der Waals surface area contributed by atoms with Crippen molar-refractivity contribution in [3.05, 3.63) is 34.9 Å². The second-order valence-electron chi connectivity index (χ2n) is 5.23. The lowest BCUT2D eigenvalue weighted by Crippen LogP contribution is -2.16. The molecule has 1 heterocycles. The second kappa shape index (κ2) is 3.09. The average molecular weight is 189 g/mol. The lowest BCUT2D eigenvalue weighted by Gasteiger charge is -2.24. The molecule has 1 aliphatic heterocycles. The zero-order chi connectivity index (χ0) is 10.3. The Bertz CT molecular complexity index is 347. The Morgan fingerprint density at radius 1 is 1.29 bits per heavy atom. The smallest absolute Gasteiger partial charge is 0.0301 e. The lowest BCUT2D eigenvalue weighted by atomic mass is 9.81. The van der Waals surface area contributed by atoms with E-state index >= 15 is 0 Å². The monoisotopic (exact) mass is 189 g/mol. The van der Waals surface area contributed by atoms with Crippen LogP contribution in [0.3, 0.4) is 0 Å². The standard InChI is InChI=1S/C13H19N/c1-9-12-10(8-14-9)6-5-7-11(12)13(2,3)4/h5-7,9,14H,8H2,1-4H3/t9-/m0/s1. The van der Waals surface area contributed by atoms with Gasteiger partial charge in [0.2, 0.25) is 0 Å². The van der Waals surface area contributed by atoms with Crippen LogP contribution in [0.15, 0.2) is 18.2 Å². The molecule has 0 saturated heterocycles. The van der Waals surface area contributed by atoms with E-state index in [1.165, 1.54) is 16.7 Å². The first-order valence-electron chi connectivity index (χ1n) is 5.36. The van der Waals surface area contributed by atoms with Gasteiger partial charge in [0, 0.05) is 12.6 Å². The van der Waals surface area contributed by atoms with Crippen LogP contribution in [0.2, 0.25) is 0 Å². The van der Waals surface area contributed by atoms with Gasteiger partial charge in [-0.15, -0.1) is 0 Å². The van der Waals surface area contributed by atoms with Gasteiger partial charge in [-0.05, 0) is 29.0 Å². The summed E-state index contributed by atoms with van der Waals surface area (Å²) in [6, 6.07) is 7.20. The van der Waals surface area contributed by atoms with Crippen molar-refractivity contribution in [3.8, 4) is 0 Å². The van der Waals surface area contributed by atoms with Crippen molar-refractivity contribution in [2.24, 2.45) is 0 Å². The van der Waals surface area contributed by atoms with E-state index in [1.807, 2.05) is 0 Å². The quantitative estimate of drug-likeness (QED) is 0.661. The van der Waals surface area contributed by atoms with Crippen LogP contribution in [0.5, 0.6) is 0 Å². The topological polar surface area (TPSA) is 12.0 Å². The van der Waals surface area contributed by atoms with Gasteiger partial charge in [-0.3, -0.25) is 0 Å². The van der Waals surface area contributed by atoms with Crippen LogP contribution in [0, 0.1) is 0 Å². The van der Waals surface area contributed by atoms with E-state index in [0.29, 0.717) is 6.04 Å². The first-order valence-corrected chi connectivity index (χ1v) is 5.36. The van der Waals surface area contributed by atoms with E-state index in [1.54, 1.807) is 0 Å². The third-order valence-corrected chi connectivity index (χ3v) is 3.04. The van der Waals surface area contributed by atoms with Gasteiger partial charge < -0.3 is 5.32 Å². The molecule has 2 rings (SSSR count). The Kier molecular flexibility index (Phi) is 2.15. The average Bonchev–Trinajstić information content (AvgIpc) is 2.46. The Balaban J connectivity index is 2.58. The molecule has 1 N–H and O–H groups in total. The number of fused-ring (bicyclic) bond motifs is 1. The molecule has 0 aliphatic carbocycles. The van der Waals surface area contributed by atoms with Crippen molar-refractivity contribution in [1.82, 2.24) is 5.32 Å². The van der Waals surface area contributed by atoms with Gasteiger partial charge in [0.1, 0.15) is 0 Å². The van der Waals surface area contributed by atoms with E-state index in [0.717, 1.165) is 6.54 Å². The van der Waals surface area contributed by atoms with E-state index in [-0.39, 0.29) is 5.41 Å².